The lowest BCUT2D eigenvalue weighted by atomic mass is 10.1. The number of aryl methyl sites for hydroxylation is 2. The zero-order valence-corrected chi connectivity index (χ0v) is 14.4. The fraction of sp³-hybridized carbons (Fsp3) is 0.611. The summed E-state index contributed by atoms with van der Waals surface area (Å²) < 4.78 is 1.91. The van der Waals surface area contributed by atoms with Crippen LogP contribution in [0, 0.1) is 19.8 Å². The summed E-state index contributed by atoms with van der Waals surface area (Å²) in [5.74, 6) is 1.69. The molecule has 1 saturated heterocycles. The molecule has 24 heavy (non-hydrogen) atoms. The zero-order chi connectivity index (χ0) is 16.7. The van der Waals surface area contributed by atoms with Crippen molar-refractivity contribution in [1.82, 2.24) is 25.1 Å². The minimum Gasteiger partial charge on any atom is -0.395 e. The molecule has 4 rings (SSSR count). The molecule has 2 fully saturated rings. The number of benzene rings is 1. The molecule has 0 spiro atoms. The Morgan fingerprint density at radius 3 is 2.54 bits per heavy atom. The number of hydrogen-bond donors (Lipinski definition) is 1. The highest BCUT2D eigenvalue weighted by Gasteiger charge is 2.40. The molecule has 6 nitrogen and oxygen atoms in total. The van der Waals surface area contributed by atoms with E-state index in [-0.39, 0.29) is 18.7 Å². The molecule has 2 atom stereocenters. The summed E-state index contributed by atoms with van der Waals surface area (Å²) in [4.78, 5) is 2.44. The first kappa shape index (κ1) is 15.7. The van der Waals surface area contributed by atoms with E-state index in [1.165, 1.54) is 24.0 Å². The van der Waals surface area contributed by atoms with Crippen LogP contribution in [-0.4, -0.2) is 49.4 Å². The summed E-state index contributed by atoms with van der Waals surface area (Å²) in [6, 6.07) is 6.69. The summed E-state index contributed by atoms with van der Waals surface area (Å²) in [6.45, 7) is 5.46. The number of para-hydroxylation sites is 1. The maximum atomic E-state index is 9.76. The van der Waals surface area contributed by atoms with E-state index in [4.69, 9.17) is 0 Å². The molecule has 2 aromatic rings. The lowest BCUT2D eigenvalue weighted by Crippen LogP contribution is -2.36. The van der Waals surface area contributed by atoms with Crippen molar-refractivity contribution in [3.05, 3.63) is 35.2 Å². The van der Waals surface area contributed by atoms with Crippen LogP contribution in [0.25, 0.3) is 5.69 Å². The van der Waals surface area contributed by atoms with Gasteiger partial charge in [0.25, 0.3) is 0 Å². The summed E-state index contributed by atoms with van der Waals surface area (Å²) in [7, 11) is 0. The van der Waals surface area contributed by atoms with Crippen molar-refractivity contribution in [3.8, 4) is 5.69 Å². The maximum Gasteiger partial charge on any atom is 0.173 e. The monoisotopic (exact) mass is 327 g/mol. The second kappa shape index (κ2) is 6.26. The molecule has 2 heterocycles. The van der Waals surface area contributed by atoms with Gasteiger partial charge in [0.2, 0.25) is 0 Å². The van der Waals surface area contributed by atoms with Crippen molar-refractivity contribution in [3.63, 3.8) is 0 Å². The SMILES string of the molecule is Cc1cccc(C)c1-n1nnnc1[C@H]1CC[C@@H](CO)N1CC1CC1. The number of tetrazole rings is 1. The van der Waals surface area contributed by atoms with Gasteiger partial charge in [0.1, 0.15) is 0 Å². The van der Waals surface area contributed by atoms with Crippen molar-refractivity contribution in [2.45, 2.75) is 51.6 Å². The van der Waals surface area contributed by atoms with Gasteiger partial charge in [-0.05, 0) is 67.0 Å². The third-order valence-corrected chi connectivity index (χ3v) is 5.46. The molecular formula is C18H25N5O. The number of rotatable bonds is 5. The first-order chi connectivity index (χ1) is 11.7. The highest BCUT2D eigenvalue weighted by atomic mass is 16.3. The van der Waals surface area contributed by atoms with Gasteiger partial charge in [0, 0.05) is 12.6 Å². The average Bonchev–Trinajstić information content (AvgIpc) is 3.10. The largest absolute Gasteiger partial charge is 0.395 e. The molecular weight excluding hydrogens is 302 g/mol. The van der Waals surface area contributed by atoms with Crippen LogP contribution in [-0.2, 0) is 0 Å². The Morgan fingerprint density at radius 2 is 1.88 bits per heavy atom. The van der Waals surface area contributed by atoms with Crippen LogP contribution in [0.2, 0.25) is 0 Å². The van der Waals surface area contributed by atoms with Gasteiger partial charge in [-0.2, -0.15) is 4.68 Å². The molecule has 0 bridgehead atoms. The van der Waals surface area contributed by atoms with E-state index < -0.39 is 0 Å². The summed E-state index contributed by atoms with van der Waals surface area (Å²) in [5.41, 5.74) is 3.43. The summed E-state index contributed by atoms with van der Waals surface area (Å²) in [6.07, 6.45) is 4.63. The summed E-state index contributed by atoms with van der Waals surface area (Å²) in [5, 5.41) is 22.4. The average molecular weight is 327 g/mol. The number of hydrogen-bond acceptors (Lipinski definition) is 5. The molecule has 1 aliphatic heterocycles. The Bertz CT molecular complexity index is 704. The van der Waals surface area contributed by atoms with E-state index in [1.54, 1.807) is 0 Å². The topological polar surface area (TPSA) is 67.1 Å². The third-order valence-electron chi connectivity index (χ3n) is 5.46. The van der Waals surface area contributed by atoms with Crippen LogP contribution in [0.5, 0.6) is 0 Å². The molecule has 1 aliphatic carbocycles. The van der Waals surface area contributed by atoms with Crippen LogP contribution >= 0.6 is 0 Å². The first-order valence-corrected chi connectivity index (χ1v) is 8.90. The van der Waals surface area contributed by atoms with Gasteiger partial charge in [-0.25, -0.2) is 0 Å². The number of aromatic nitrogens is 4. The highest BCUT2D eigenvalue weighted by molar-refractivity contribution is 5.46. The second-order valence-electron chi connectivity index (χ2n) is 7.26. The van der Waals surface area contributed by atoms with Crippen LogP contribution in [0.15, 0.2) is 18.2 Å². The number of nitrogens with zero attached hydrogens (tertiary/aromatic N) is 5. The Labute approximate surface area is 142 Å². The van der Waals surface area contributed by atoms with Crippen molar-refractivity contribution >= 4 is 0 Å². The lowest BCUT2D eigenvalue weighted by Gasteiger charge is -2.28. The van der Waals surface area contributed by atoms with Crippen LogP contribution in [0.4, 0.5) is 0 Å². The molecule has 1 saturated carbocycles. The summed E-state index contributed by atoms with van der Waals surface area (Å²) >= 11 is 0. The molecule has 6 heteroatoms. The van der Waals surface area contributed by atoms with Crippen molar-refractivity contribution in [2.75, 3.05) is 13.2 Å². The van der Waals surface area contributed by atoms with E-state index in [9.17, 15) is 5.11 Å². The lowest BCUT2D eigenvalue weighted by molar-refractivity contribution is 0.120. The van der Waals surface area contributed by atoms with E-state index in [2.05, 4.69) is 52.5 Å². The van der Waals surface area contributed by atoms with Gasteiger partial charge in [-0.1, -0.05) is 18.2 Å². The molecule has 1 N–H and O–H groups in total. The number of aliphatic hydroxyl groups excluding tert-OH is 1. The fourth-order valence-corrected chi connectivity index (χ4v) is 3.99. The number of aliphatic hydroxyl groups is 1. The van der Waals surface area contributed by atoms with Crippen LogP contribution in [0.3, 0.4) is 0 Å². The molecule has 0 amide bonds. The predicted molar refractivity (Wildman–Crippen MR) is 90.9 cm³/mol. The van der Waals surface area contributed by atoms with E-state index >= 15 is 0 Å². The van der Waals surface area contributed by atoms with Crippen molar-refractivity contribution in [2.24, 2.45) is 5.92 Å². The molecule has 128 valence electrons. The fourth-order valence-electron chi connectivity index (χ4n) is 3.99. The number of likely N-dealkylation sites (tertiary alicyclic amines) is 1. The molecule has 0 unspecified atom stereocenters. The van der Waals surface area contributed by atoms with Crippen molar-refractivity contribution < 1.29 is 5.11 Å². The molecule has 1 aromatic heterocycles. The van der Waals surface area contributed by atoms with Gasteiger partial charge in [0.15, 0.2) is 5.82 Å². The second-order valence-corrected chi connectivity index (χ2v) is 7.26. The molecule has 1 aromatic carbocycles. The van der Waals surface area contributed by atoms with Gasteiger partial charge in [-0.3, -0.25) is 4.90 Å². The normalized spacial score (nSPS) is 24.6. The Balaban J connectivity index is 1.71. The predicted octanol–water partition coefficient (Wildman–Crippen LogP) is 2.19. The van der Waals surface area contributed by atoms with Crippen molar-refractivity contribution in [1.29, 1.82) is 0 Å². The van der Waals surface area contributed by atoms with Gasteiger partial charge in [-0.15, -0.1) is 5.10 Å². The maximum absolute atomic E-state index is 9.76. The highest BCUT2D eigenvalue weighted by Crippen LogP contribution is 2.40. The van der Waals surface area contributed by atoms with Gasteiger partial charge >= 0.3 is 0 Å². The zero-order valence-electron chi connectivity index (χ0n) is 14.4. The third kappa shape index (κ3) is 2.74. The minimum absolute atomic E-state index is 0.191. The van der Waals surface area contributed by atoms with Gasteiger partial charge < -0.3 is 5.11 Å². The molecule has 0 radical (unpaired) electrons. The van der Waals surface area contributed by atoms with Gasteiger partial charge in [0.05, 0.1) is 18.3 Å². The van der Waals surface area contributed by atoms with E-state index in [0.717, 1.165) is 36.8 Å². The smallest absolute Gasteiger partial charge is 0.173 e. The van der Waals surface area contributed by atoms with E-state index in [0.29, 0.717) is 0 Å². The first-order valence-electron chi connectivity index (χ1n) is 8.90. The molecule has 2 aliphatic rings. The quantitative estimate of drug-likeness (QED) is 0.912. The standard InChI is InChI=1S/C18H25N5O/c1-12-4-3-5-13(2)17(12)23-18(19-20-21-23)16-9-8-15(11-24)22(16)10-14-6-7-14/h3-5,14-16,24H,6-11H2,1-2H3/t15-,16+/m0/s1. The van der Waals surface area contributed by atoms with Crippen LogP contribution < -0.4 is 0 Å². The Kier molecular flexibility index (Phi) is 4.10. The van der Waals surface area contributed by atoms with Crippen LogP contribution in [0.1, 0.15) is 48.7 Å². The Morgan fingerprint density at radius 1 is 1.12 bits per heavy atom. The minimum atomic E-state index is 0.191. The van der Waals surface area contributed by atoms with E-state index in [1.807, 2.05) is 4.68 Å². The Hall–Kier alpha value is -1.79.